The number of rotatable bonds is 3. The monoisotopic (exact) mass is 216 g/mol. The molecule has 0 spiro atoms. The lowest BCUT2D eigenvalue weighted by Crippen LogP contribution is -2.00. The van der Waals surface area contributed by atoms with Gasteiger partial charge in [-0.25, -0.2) is 0 Å². The van der Waals surface area contributed by atoms with E-state index in [-0.39, 0.29) is 0 Å². The third-order valence-corrected chi connectivity index (χ3v) is 2.54. The molecule has 84 valence electrons. The highest BCUT2D eigenvalue weighted by Gasteiger charge is 1.98. The van der Waals surface area contributed by atoms with E-state index in [0.717, 1.165) is 23.5 Å². The molecule has 1 aromatic heterocycles. The van der Waals surface area contributed by atoms with Crippen molar-refractivity contribution in [2.45, 2.75) is 13.5 Å². The number of anilines is 2. The van der Waals surface area contributed by atoms with Gasteiger partial charge in [0.15, 0.2) is 0 Å². The fourth-order valence-corrected chi connectivity index (χ4v) is 1.56. The van der Waals surface area contributed by atoms with Gasteiger partial charge in [0, 0.05) is 25.5 Å². The summed E-state index contributed by atoms with van der Waals surface area (Å²) in [6, 6.07) is 6.07. The van der Waals surface area contributed by atoms with Gasteiger partial charge >= 0.3 is 0 Å². The van der Waals surface area contributed by atoms with Gasteiger partial charge in [0.1, 0.15) is 0 Å². The molecule has 2 aromatic rings. The van der Waals surface area contributed by atoms with E-state index in [2.05, 4.69) is 16.5 Å². The fraction of sp³-hybridized carbons (Fsp3) is 0.250. The second-order valence-electron chi connectivity index (χ2n) is 3.95. The number of nitrogens with zero attached hydrogens (tertiary/aromatic N) is 2. The first kappa shape index (κ1) is 10.5. The maximum atomic E-state index is 5.77. The number of hydrogen-bond donors (Lipinski definition) is 2. The molecule has 4 nitrogen and oxygen atoms in total. The maximum Gasteiger partial charge on any atom is 0.0729 e. The molecule has 3 N–H and O–H groups in total. The van der Waals surface area contributed by atoms with Gasteiger partial charge < -0.3 is 11.1 Å². The van der Waals surface area contributed by atoms with Crippen LogP contribution in [0.2, 0.25) is 0 Å². The van der Waals surface area contributed by atoms with Crippen LogP contribution in [0.3, 0.4) is 0 Å². The molecule has 0 amide bonds. The molecule has 0 unspecified atom stereocenters. The highest BCUT2D eigenvalue weighted by atomic mass is 15.3. The zero-order valence-electron chi connectivity index (χ0n) is 9.57. The molecule has 0 fully saturated rings. The summed E-state index contributed by atoms with van der Waals surface area (Å²) in [5.74, 6) is 0. The van der Waals surface area contributed by atoms with E-state index in [1.54, 1.807) is 4.68 Å². The molecular weight excluding hydrogens is 200 g/mol. The van der Waals surface area contributed by atoms with E-state index in [0.29, 0.717) is 0 Å². The van der Waals surface area contributed by atoms with Gasteiger partial charge in [-0.2, -0.15) is 5.10 Å². The van der Waals surface area contributed by atoms with Crippen LogP contribution >= 0.6 is 0 Å². The average molecular weight is 216 g/mol. The highest BCUT2D eigenvalue weighted by Crippen LogP contribution is 2.14. The number of nitrogen functional groups attached to an aromatic ring is 1. The van der Waals surface area contributed by atoms with Crippen molar-refractivity contribution in [1.82, 2.24) is 9.78 Å². The van der Waals surface area contributed by atoms with Crippen LogP contribution in [-0.4, -0.2) is 9.78 Å². The second-order valence-corrected chi connectivity index (χ2v) is 3.95. The lowest BCUT2D eigenvalue weighted by molar-refractivity contribution is 0.768. The molecule has 0 saturated heterocycles. The van der Waals surface area contributed by atoms with E-state index in [9.17, 15) is 0 Å². The molecule has 0 atom stereocenters. The molecule has 2 rings (SSSR count). The van der Waals surface area contributed by atoms with Crippen LogP contribution in [0.1, 0.15) is 11.1 Å². The Morgan fingerprint density at radius 1 is 1.44 bits per heavy atom. The highest BCUT2D eigenvalue weighted by molar-refractivity contribution is 5.48. The Morgan fingerprint density at radius 2 is 2.25 bits per heavy atom. The maximum absolute atomic E-state index is 5.77. The Kier molecular flexibility index (Phi) is 2.81. The predicted octanol–water partition coefficient (Wildman–Crippen LogP) is 1.92. The van der Waals surface area contributed by atoms with E-state index in [4.69, 9.17) is 5.73 Å². The van der Waals surface area contributed by atoms with Crippen molar-refractivity contribution in [3.63, 3.8) is 0 Å². The lowest BCUT2D eigenvalue weighted by Gasteiger charge is -2.06. The summed E-state index contributed by atoms with van der Waals surface area (Å²) in [5, 5.41) is 7.40. The zero-order valence-corrected chi connectivity index (χ0v) is 9.57. The topological polar surface area (TPSA) is 55.9 Å². The molecule has 0 bridgehead atoms. The molecule has 16 heavy (non-hydrogen) atoms. The Hall–Kier alpha value is -1.97. The number of hydrogen-bond acceptors (Lipinski definition) is 3. The van der Waals surface area contributed by atoms with Crippen molar-refractivity contribution < 1.29 is 0 Å². The van der Waals surface area contributed by atoms with Crippen molar-refractivity contribution in [1.29, 1.82) is 0 Å². The largest absolute Gasteiger partial charge is 0.399 e. The fourth-order valence-electron chi connectivity index (χ4n) is 1.56. The zero-order chi connectivity index (χ0) is 11.5. The van der Waals surface area contributed by atoms with Gasteiger partial charge in [0.05, 0.1) is 11.9 Å². The molecule has 1 aromatic carbocycles. The van der Waals surface area contributed by atoms with Crippen molar-refractivity contribution in [3.8, 4) is 0 Å². The van der Waals surface area contributed by atoms with Crippen LogP contribution in [-0.2, 0) is 13.6 Å². The Labute approximate surface area is 95.1 Å². The second kappa shape index (κ2) is 4.26. The van der Waals surface area contributed by atoms with E-state index in [1.807, 2.05) is 38.5 Å². The summed E-state index contributed by atoms with van der Waals surface area (Å²) >= 11 is 0. The number of aromatic nitrogens is 2. The quantitative estimate of drug-likeness (QED) is 0.771. The Bertz CT molecular complexity index is 488. The number of benzene rings is 1. The lowest BCUT2D eigenvalue weighted by atomic mass is 10.1. The molecule has 1 heterocycles. The summed E-state index contributed by atoms with van der Waals surface area (Å²) in [6.07, 6.45) is 3.76. The third kappa shape index (κ3) is 2.34. The van der Waals surface area contributed by atoms with Crippen LogP contribution in [0.4, 0.5) is 11.4 Å². The number of aryl methyl sites for hydroxylation is 2. The van der Waals surface area contributed by atoms with E-state index in [1.165, 1.54) is 5.56 Å². The number of nitrogens with one attached hydrogen (secondary N) is 1. The molecule has 0 radical (unpaired) electrons. The van der Waals surface area contributed by atoms with Crippen LogP contribution in [0.5, 0.6) is 0 Å². The molecule has 0 aliphatic heterocycles. The van der Waals surface area contributed by atoms with Gasteiger partial charge in [-0.1, -0.05) is 12.1 Å². The standard InChI is InChI=1S/C12H16N4/c1-9-5-10(3-4-12(9)13)6-14-11-7-15-16(2)8-11/h3-5,7-8,14H,6,13H2,1-2H3. The number of nitrogens with two attached hydrogens (primary N) is 1. The first-order valence-corrected chi connectivity index (χ1v) is 5.22. The molecule has 0 saturated carbocycles. The molecule has 0 aliphatic rings. The van der Waals surface area contributed by atoms with Crippen molar-refractivity contribution in [3.05, 3.63) is 41.7 Å². The molecule has 0 aliphatic carbocycles. The first-order valence-electron chi connectivity index (χ1n) is 5.22. The minimum absolute atomic E-state index is 0.785. The first-order chi connectivity index (χ1) is 7.65. The molecule has 4 heteroatoms. The predicted molar refractivity (Wildman–Crippen MR) is 66.1 cm³/mol. The third-order valence-electron chi connectivity index (χ3n) is 2.54. The van der Waals surface area contributed by atoms with Crippen molar-refractivity contribution in [2.75, 3.05) is 11.1 Å². The van der Waals surface area contributed by atoms with Gasteiger partial charge in [-0.3, -0.25) is 4.68 Å². The van der Waals surface area contributed by atoms with Crippen molar-refractivity contribution in [2.24, 2.45) is 7.05 Å². The normalized spacial score (nSPS) is 10.4. The van der Waals surface area contributed by atoms with Gasteiger partial charge in [0.2, 0.25) is 0 Å². The average Bonchev–Trinajstić information content (AvgIpc) is 2.66. The molecular formula is C12H16N4. The van der Waals surface area contributed by atoms with Crippen molar-refractivity contribution >= 4 is 11.4 Å². The summed E-state index contributed by atoms with van der Waals surface area (Å²) < 4.78 is 1.77. The van der Waals surface area contributed by atoms with Crippen LogP contribution < -0.4 is 11.1 Å². The summed E-state index contributed by atoms with van der Waals surface area (Å²) in [7, 11) is 1.90. The smallest absolute Gasteiger partial charge is 0.0729 e. The minimum Gasteiger partial charge on any atom is -0.399 e. The SMILES string of the molecule is Cc1cc(CNc2cnn(C)c2)ccc1N. The van der Waals surface area contributed by atoms with E-state index >= 15 is 0 Å². The van der Waals surface area contributed by atoms with Gasteiger partial charge in [-0.05, 0) is 24.1 Å². The van der Waals surface area contributed by atoms with E-state index < -0.39 is 0 Å². The van der Waals surface area contributed by atoms with Crippen LogP contribution in [0.25, 0.3) is 0 Å². The van der Waals surface area contributed by atoms with Gasteiger partial charge in [0.25, 0.3) is 0 Å². The summed E-state index contributed by atoms with van der Waals surface area (Å²) in [6.45, 7) is 2.80. The summed E-state index contributed by atoms with van der Waals surface area (Å²) in [5.41, 5.74) is 9.96. The minimum atomic E-state index is 0.785. The Balaban J connectivity index is 2.02. The Morgan fingerprint density at radius 3 is 2.88 bits per heavy atom. The van der Waals surface area contributed by atoms with Gasteiger partial charge in [-0.15, -0.1) is 0 Å². The summed E-state index contributed by atoms with van der Waals surface area (Å²) in [4.78, 5) is 0. The van der Waals surface area contributed by atoms with Crippen LogP contribution in [0, 0.1) is 6.92 Å². The van der Waals surface area contributed by atoms with Crippen LogP contribution in [0.15, 0.2) is 30.6 Å².